The number of amides is 1. The van der Waals surface area contributed by atoms with E-state index >= 15 is 0 Å². The van der Waals surface area contributed by atoms with Crippen LogP contribution >= 0.6 is 0 Å². The van der Waals surface area contributed by atoms with Crippen LogP contribution in [0.1, 0.15) is 16.8 Å². The summed E-state index contributed by atoms with van der Waals surface area (Å²) in [5.74, 6) is -0.533. The van der Waals surface area contributed by atoms with E-state index in [-0.39, 0.29) is 17.9 Å². The summed E-state index contributed by atoms with van der Waals surface area (Å²) in [6.45, 7) is 0.300. The van der Waals surface area contributed by atoms with E-state index in [0.29, 0.717) is 17.5 Å². The summed E-state index contributed by atoms with van der Waals surface area (Å²) in [6.07, 6.45) is 1.90. The fourth-order valence-corrected chi connectivity index (χ4v) is 2.14. The van der Waals surface area contributed by atoms with Gasteiger partial charge < -0.3 is 14.2 Å². The molecule has 0 aliphatic heterocycles. The lowest BCUT2D eigenvalue weighted by atomic mass is 10.1. The zero-order valence-corrected chi connectivity index (χ0v) is 12.8. The number of aryl methyl sites for hydroxylation is 1. The van der Waals surface area contributed by atoms with Crippen molar-refractivity contribution in [3.05, 3.63) is 46.4 Å². The molecule has 2 rings (SSSR count). The Balaban J connectivity index is 2.37. The lowest BCUT2D eigenvalue weighted by Gasteiger charge is -2.11. The second-order valence-corrected chi connectivity index (χ2v) is 5.15. The van der Waals surface area contributed by atoms with Crippen molar-refractivity contribution < 1.29 is 14.3 Å². The molecule has 1 amide bonds. The number of fused-ring (bicyclic) bond motifs is 1. The molecule has 0 saturated heterocycles. The minimum atomic E-state index is -0.487. The van der Waals surface area contributed by atoms with Crippen molar-refractivity contribution in [2.75, 3.05) is 21.2 Å². The molecule has 1 heterocycles. The predicted molar refractivity (Wildman–Crippen MR) is 82.9 cm³/mol. The lowest BCUT2D eigenvalue weighted by molar-refractivity contribution is -0.128. The Morgan fingerprint density at radius 2 is 1.95 bits per heavy atom. The van der Waals surface area contributed by atoms with Crippen LogP contribution in [0.3, 0.4) is 0 Å². The van der Waals surface area contributed by atoms with Gasteiger partial charge in [-0.2, -0.15) is 0 Å². The number of hydrogen-bond donors (Lipinski definition) is 0. The van der Waals surface area contributed by atoms with E-state index in [1.807, 2.05) is 0 Å². The molecular weight excluding hydrogens is 284 g/mol. The number of esters is 1. The normalized spacial score (nSPS) is 10.5. The van der Waals surface area contributed by atoms with Crippen molar-refractivity contribution in [2.24, 2.45) is 0 Å². The maximum absolute atomic E-state index is 12.5. The van der Waals surface area contributed by atoms with Gasteiger partial charge in [0.25, 0.3) is 5.56 Å². The van der Waals surface area contributed by atoms with Crippen LogP contribution < -0.4 is 5.56 Å². The van der Waals surface area contributed by atoms with E-state index < -0.39 is 5.97 Å². The Morgan fingerprint density at radius 1 is 1.23 bits per heavy atom. The zero-order chi connectivity index (χ0) is 16.3. The van der Waals surface area contributed by atoms with Gasteiger partial charge in [0.1, 0.15) is 0 Å². The largest absolute Gasteiger partial charge is 0.465 e. The summed E-state index contributed by atoms with van der Waals surface area (Å²) < 4.78 is 6.14. The van der Waals surface area contributed by atoms with Gasteiger partial charge >= 0.3 is 5.97 Å². The molecule has 22 heavy (non-hydrogen) atoms. The molecule has 0 atom stereocenters. The average molecular weight is 302 g/mol. The summed E-state index contributed by atoms with van der Waals surface area (Å²) in [5.41, 5.74) is 0.101. The van der Waals surface area contributed by atoms with E-state index in [0.717, 1.165) is 5.39 Å². The minimum absolute atomic E-state index is 0.0460. The maximum Gasteiger partial charge on any atom is 0.337 e. The van der Waals surface area contributed by atoms with Gasteiger partial charge in [-0.15, -0.1) is 0 Å². The number of ether oxygens (including phenoxy) is 1. The number of benzene rings is 1. The summed E-state index contributed by atoms with van der Waals surface area (Å²) in [6, 6.07) is 6.64. The van der Waals surface area contributed by atoms with Crippen molar-refractivity contribution in [1.29, 1.82) is 0 Å². The van der Waals surface area contributed by atoms with E-state index in [1.165, 1.54) is 22.6 Å². The van der Waals surface area contributed by atoms with E-state index in [9.17, 15) is 14.4 Å². The van der Waals surface area contributed by atoms with Crippen LogP contribution in [0.4, 0.5) is 0 Å². The molecule has 0 N–H and O–H groups in total. The van der Waals surface area contributed by atoms with Crippen molar-refractivity contribution in [1.82, 2.24) is 9.47 Å². The summed E-state index contributed by atoms with van der Waals surface area (Å²) >= 11 is 0. The quantitative estimate of drug-likeness (QED) is 0.798. The fourth-order valence-electron chi connectivity index (χ4n) is 2.14. The second kappa shape index (κ2) is 6.43. The zero-order valence-electron chi connectivity index (χ0n) is 12.8. The topological polar surface area (TPSA) is 68.6 Å². The molecule has 1 aromatic carbocycles. The number of carbonyl (C=O) groups is 2. The molecule has 0 aliphatic carbocycles. The van der Waals surface area contributed by atoms with E-state index in [1.54, 1.807) is 38.5 Å². The van der Waals surface area contributed by atoms with Crippen LogP contribution in [0.2, 0.25) is 0 Å². The minimum Gasteiger partial charge on any atom is -0.465 e. The smallest absolute Gasteiger partial charge is 0.337 e. The Morgan fingerprint density at radius 3 is 2.59 bits per heavy atom. The van der Waals surface area contributed by atoms with Gasteiger partial charge in [0.2, 0.25) is 5.91 Å². The summed E-state index contributed by atoms with van der Waals surface area (Å²) in [5, 5.41) is 1.18. The van der Waals surface area contributed by atoms with E-state index in [4.69, 9.17) is 0 Å². The number of carbonyl (C=O) groups excluding carboxylic acids is 2. The monoisotopic (exact) mass is 302 g/mol. The van der Waals surface area contributed by atoms with Gasteiger partial charge in [-0.1, -0.05) is 6.07 Å². The standard InChI is InChI=1S/C16H18N2O4/c1-17(2)14(19)7-9-18-8-6-11-4-5-12(16(21)22-3)10-13(11)15(18)20/h4-6,8,10H,7,9H2,1-3H3. The number of pyridine rings is 1. The van der Waals surface area contributed by atoms with Gasteiger partial charge in [-0.05, 0) is 23.6 Å². The highest BCUT2D eigenvalue weighted by atomic mass is 16.5. The van der Waals surface area contributed by atoms with Crippen LogP contribution in [0.5, 0.6) is 0 Å². The van der Waals surface area contributed by atoms with Crippen LogP contribution in [0, 0.1) is 0 Å². The van der Waals surface area contributed by atoms with Gasteiger partial charge in [-0.3, -0.25) is 9.59 Å². The first kappa shape index (κ1) is 15.8. The highest BCUT2D eigenvalue weighted by molar-refractivity contribution is 5.95. The van der Waals surface area contributed by atoms with Crippen LogP contribution in [-0.2, 0) is 16.1 Å². The molecule has 116 valence electrons. The van der Waals surface area contributed by atoms with Crippen molar-refractivity contribution >= 4 is 22.6 Å². The summed E-state index contributed by atoms with van der Waals surface area (Å²) in [7, 11) is 4.64. The van der Waals surface area contributed by atoms with Crippen LogP contribution in [0.25, 0.3) is 10.8 Å². The van der Waals surface area contributed by atoms with Crippen LogP contribution in [-0.4, -0.2) is 42.5 Å². The van der Waals surface area contributed by atoms with Gasteiger partial charge in [0.05, 0.1) is 12.7 Å². The van der Waals surface area contributed by atoms with Gasteiger partial charge in [-0.25, -0.2) is 4.79 Å². The molecule has 0 fully saturated rings. The molecular formula is C16H18N2O4. The fraction of sp³-hybridized carbons (Fsp3) is 0.312. The molecule has 0 bridgehead atoms. The number of nitrogens with zero attached hydrogens (tertiary/aromatic N) is 2. The Hall–Kier alpha value is -2.63. The molecule has 2 aromatic rings. The van der Waals surface area contributed by atoms with Gasteiger partial charge in [0, 0.05) is 38.6 Å². The number of rotatable bonds is 4. The maximum atomic E-state index is 12.5. The number of aromatic nitrogens is 1. The third-order valence-corrected chi connectivity index (χ3v) is 3.47. The number of methoxy groups -OCH3 is 1. The first-order chi connectivity index (χ1) is 10.4. The Labute approximate surface area is 127 Å². The average Bonchev–Trinajstić information content (AvgIpc) is 2.52. The molecule has 0 saturated carbocycles. The molecule has 1 aromatic heterocycles. The molecule has 0 spiro atoms. The predicted octanol–water partition coefficient (Wildman–Crippen LogP) is 1.27. The van der Waals surface area contributed by atoms with Crippen molar-refractivity contribution in [3.63, 3.8) is 0 Å². The molecule has 0 unspecified atom stereocenters. The lowest BCUT2D eigenvalue weighted by Crippen LogP contribution is -2.26. The molecule has 6 heteroatoms. The highest BCUT2D eigenvalue weighted by Gasteiger charge is 2.10. The Bertz CT molecular complexity index is 777. The Kier molecular flexibility index (Phi) is 4.60. The molecule has 6 nitrogen and oxygen atoms in total. The second-order valence-electron chi connectivity index (χ2n) is 5.15. The first-order valence-corrected chi connectivity index (χ1v) is 6.85. The molecule has 0 radical (unpaired) electrons. The highest BCUT2D eigenvalue weighted by Crippen LogP contribution is 2.13. The number of hydrogen-bond acceptors (Lipinski definition) is 4. The van der Waals surface area contributed by atoms with Crippen molar-refractivity contribution in [2.45, 2.75) is 13.0 Å². The van der Waals surface area contributed by atoms with Crippen LogP contribution in [0.15, 0.2) is 35.3 Å². The third kappa shape index (κ3) is 3.16. The van der Waals surface area contributed by atoms with E-state index in [2.05, 4.69) is 4.74 Å². The van der Waals surface area contributed by atoms with Crippen molar-refractivity contribution in [3.8, 4) is 0 Å². The third-order valence-electron chi connectivity index (χ3n) is 3.47. The summed E-state index contributed by atoms with van der Waals surface area (Å²) in [4.78, 5) is 37.1. The first-order valence-electron chi connectivity index (χ1n) is 6.85. The molecule has 0 aliphatic rings. The SMILES string of the molecule is COC(=O)c1ccc2ccn(CCC(=O)N(C)C)c(=O)c2c1. The van der Waals surface area contributed by atoms with Gasteiger partial charge in [0.15, 0.2) is 0 Å².